The van der Waals surface area contributed by atoms with Gasteiger partial charge in [0.15, 0.2) is 17.7 Å². The zero-order chi connectivity index (χ0) is 16.2. The van der Waals surface area contributed by atoms with Crippen LogP contribution in [0.1, 0.15) is 6.23 Å². The Kier molecular flexibility index (Phi) is 3.61. The molecule has 124 valence electrons. The van der Waals surface area contributed by atoms with Crippen LogP contribution in [-0.4, -0.2) is 54.9 Å². The number of aliphatic hydroxyl groups excluding tert-OH is 1. The summed E-state index contributed by atoms with van der Waals surface area (Å²) in [5, 5.41) is 10.6. The van der Waals surface area contributed by atoms with Crippen molar-refractivity contribution in [3.63, 3.8) is 0 Å². The monoisotopic (exact) mass is 359 g/mol. The summed E-state index contributed by atoms with van der Waals surface area (Å²) in [6.07, 6.45) is 0.746. The highest BCUT2D eigenvalue weighted by Gasteiger charge is 2.48. The Bertz CT molecular complexity index is 802. The molecule has 0 aliphatic carbocycles. The Morgan fingerprint density at radius 1 is 1.30 bits per heavy atom. The van der Waals surface area contributed by atoms with Gasteiger partial charge in [0.25, 0.3) is 0 Å². The molecule has 2 aliphatic heterocycles. The molecule has 2 aliphatic rings. The van der Waals surface area contributed by atoms with Crippen LogP contribution in [0.15, 0.2) is 12.7 Å². The van der Waals surface area contributed by atoms with Gasteiger partial charge in [0.05, 0.1) is 25.6 Å². The highest BCUT2D eigenvalue weighted by molar-refractivity contribution is 8.07. The standard InChI is InChI=1S/C11H14N5O5PS/c12-9-7-10(14-3-13-9)16(4-15-7)11-8(17)5-1-19-22(18,23)20-2-6(5)21-11/h3-6,8,11,17H,1-2H2,(H,18,23)(H2,12,13,14)/t5?,6?,8-,11?,22?/m0/s1. The van der Waals surface area contributed by atoms with Crippen molar-refractivity contribution in [1.82, 2.24) is 19.5 Å². The van der Waals surface area contributed by atoms with E-state index in [1.807, 2.05) is 0 Å². The van der Waals surface area contributed by atoms with E-state index >= 15 is 0 Å². The average molecular weight is 359 g/mol. The Hall–Kier alpha value is -1.20. The fraction of sp³-hybridized carbons (Fsp3) is 0.545. The Morgan fingerprint density at radius 3 is 2.91 bits per heavy atom. The fourth-order valence-corrected chi connectivity index (χ4v) is 3.97. The van der Waals surface area contributed by atoms with E-state index in [1.165, 1.54) is 12.7 Å². The Labute approximate surface area is 135 Å². The summed E-state index contributed by atoms with van der Waals surface area (Å²) >= 11 is 4.82. The van der Waals surface area contributed by atoms with Crippen LogP contribution in [0.25, 0.3) is 11.2 Å². The highest BCUT2D eigenvalue weighted by Crippen LogP contribution is 2.49. The van der Waals surface area contributed by atoms with Crippen molar-refractivity contribution < 1.29 is 23.8 Å². The van der Waals surface area contributed by atoms with Gasteiger partial charge >= 0.3 is 6.72 Å². The van der Waals surface area contributed by atoms with E-state index in [2.05, 4.69) is 15.0 Å². The maximum Gasteiger partial charge on any atom is 0.324 e. The van der Waals surface area contributed by atoms with E-state index in [0.717, 1.165) is 0 Å². The number of hydrogen-bond donors (Lipinski definition) is 3. The zero-order valence-corrected chi connectivity index (χ0v) is 13.4. The van der Waals surface area contributed by atoms with Gasteiger partial charge in [0, 0.05) is 5.92 Å². The van der Waals surface area contributed by atoms with Gasteiger partial charge in [-0.15, -0.1) is 0 Å². The molecule has 0 bridgehead atoms. The second-order valence-corrected chi connectivity index (χ2v) is 8.20. The van der Waals surface area contributed by atoms with Gasteiger partial charge in [-0.25, -0.2) is 15.0 Å². The van der Waals surface area contributed by atoms with Gasteiger partial charge in [0.2, 0.25) is 0 Å². The van der Waals surface area contributed by atoms with Crippen LogP contribution in [0.5, 0.6) is 0 Å². The summed E-state index contributed by atoms with van der Waals surface area (Å²) in [6, 6.07) is 0. The number of imidazole rings is 1. The normalized spacial score (nSPS) is 37.7. The van der Waals surface area contributed by atoms with Crippen molar-refractivity contribution in [2.45, 2.75) is 18.4 Å². The molecule has 12 heteroatoms. The molecule has 0 aromatic carbocycles. The van der Waals surface area contributed by atoms with E-state index in [9.17, 15) is 10.00 Å². The van der Waals surface area contributed by atoms with E-state index in [0.29, 0.717) is 11.2 Å². The Morgan fingerprint density at radius 2 is 2.09 bits per heavy atom. The van der Waals surface area contributed by atoms with Gasteiger partial charge in [-0.1, -0.05) is 0 Å². The lowest BCUT2D eigenvalue weighted by Crippen LogP contribution is -2.30. The van der Waals surface area contributed by atoms with Gasteiger partial charge in [-0.3, -0.25) is 4.57 Å². The van der Waals surface area contributed by atoms with Crippen LogP contribution in [0.2, 0.25) is 0 Å². The number of nitrogens with zero attached hydrogens (tertiary/aromatic N) is 4. The molecule has 4 N–H and O–H groups in total. The van der Waals surface area contributed by atoms with E-state index in [1.54, 1.807) is 4.57 Å². The molecule has 4 heterocycles. The first kappa shape index (κ1) is 15.3. The first-order valence-corrected chi connectivity index (χ1v) is 9.44. The van der Waals surface area contributed by atoms with Crippen LogP contribution in [0, 0.1) is 5.92 Å². The number of ether oxygens (including phenoxy) is 1. The lowest BCUT2D eigenvalue weighted by molar-refractivity contribution is -0.0465. The summed E-state index contributed by atoms with van der Waals surface area (Å²) in [4.78, 5) is 21.9. The molecule has 0 saturated carbocycles. The van der Waals surface area contributed by atoms with Crippen LogP contribution < -0.4 is 5.73 Å². The SMILES string of the molecule is Nc1ncnc2c1ncn2C1OC2COP(O)(=S)OCC2[C@@H]1O. The summed E-state index contributed by atoms with van der Waals surface area (Å²) < 4.78 is 17.8. The molecule has 5 atom stereocenters. The maximum atomic E-state index is 10.6. The summed E-state index contributed by atoms with van der Waals surface area (Å²) in [5.41, 5.74) is 6.67. The molecule has 2 fully saturated rings. The number of aliphatic hydroxyl groups is 1. The minimum Gasteiger partial charge on any atom is -0.388 e. The van der Waals surface area contributed by atoms with Crippen molar-refractivity contribution in [2.75, 3.05) is 18.9 Å². The lowest BCUT2D eigenvalue weighted by atomic mass is 9.99. The Balaban J connectivity index is 1.66. The molecule has 0 spiro atoms. The minimum absolute atomic E-state index is 0.0513. The largest absolute Gasteiger partial charge is 0.388 e. The van der Waals surface area contributed by atoms with Crippen molar-refractivity contribution in [2.24, 2.45) is 5.92 Å². The van der Waals surface area contributed by atoms with Crippen molar-refractivity contribution in [3.8, 4) is 0 Å². The van der Waals surface area contributed by atoms with Crippen molar-refractivity contribution >= 4 is 35.5 Å². The summed E-state index contributed by atoms with van der Waals surface area (Å²) in [5.74, 6) is -0.128. The number of nitrogens with two attached hydrogens (primary N) is 1. The second-order valence-electron chi connectivity index (χ2n) is 5.36. The molecular weight excluding hydrogens is 345 g/mol. The first-order valence-electron chi connectivity index (χ1n) is 6.85. The van der Waals surface area contributed by atoms with Crippen LogP contribution >= 0.6 is 6.72 Å². The third-order valence-corrected chi connectivity index (χ3v) is 5.60. The molecule has 10 nitrogen and oxygen atoms in total. The van der Waals surface area contributed by atoms with Gasteiger partial charge in [0.1, 0.15) is 17.9 Å². The third-order valence-electron chi connectivity index (χ3n) is 4.02. The lowest BCUT2D eigenvalue weighted by Gasteiger charge is -2.19. The molecule has 2 saturated heterocycles. The number of nitrogen functional groups attached to an aromatic ring is 1. The average Bonchev–Trinajstić information content (AvgIpc) is 3.01. The van der Waals surface area contributed by atoms with E-state index in [4.69, 9.17) is 31.3 Å². The molecule has 0 radical (unpaired) electrons. The number of fused-ring (bicyclic) bond motifs is 2. The quantitative estimate of drug-likeness (QED) is 0.574. The molecule has 23 heavy (non-hydrogen) atoms. The summed E-state index contributed by atoms with van der Waals surface area (Å²) in [7, 11) is 0. The highest BCUT2D eigenvalue weighted by atomic mass is 32.5. The molecule has 2 aromatic heterocycles. The third kappa shape index (κ3) is 2.54. The second kappa shape index (κ2) is 5.42. The first-order chi connectivity index (χ1) is 11.0. The molecular formula is C11H14N5O5PS. The molecule has 4 unspecified atom stereocenters. The number of anilines is 1. The topological polar surface area (TPSA) is 138 Å². The van der Waals surface area contributed by atoms with Gasteiger partial charge in [-0.05, 0) is 11.8 Å². The molecule has 2 aromatic rings. The van der Waals surface area contributed by atoms with Crippen LogP contribution in [-0.2, 0) is 25.6 Å². The van der Waals surface area contributed by atoms with Crippen LogP contribution in [0.3, 0.4) is 0 Å². The molecule has 0 amide bonds. The van der Waals surface area contributed by atoms with E-state index < -0.39 is 25.2 Å². The van der Waals surface area contributed by atoms with Crippen molar-refractivity contribution in [1.29, 1.82) is 0 Å². The predicted octanol–water partition coefficient (Wildman–Crippen LogP) is -0.453. The van der Waals surface area contributed by atoms with Gasteiger partial charge < -0.3 is 29.5 Å². The predicted molar refractivity (Wildman–Crippen MR) is 81.6 cm³/mol. The number of aromatic nitrogens is 4. The fourth-order valence-electron chi connectivity index (χ4n) is 2.83. The smallest absolute Gasteiger partial charge is 0.324 e. The minimum atomic E-state index is -3.25. The van der Waals surface area contributed by atoms with Crippen molar-refractivity contribution in [3.05, 3.63) is 12.7 Å². The van der Waals surface area contributed by atoms with E-state index in [-0.39, 0.29) is 24.9 Å². The van der Waals surface area contributed by atoms with Gasteiger partial charge in [-0.2, -0.15) is 0 Å². The summed E-state index contributed by atoms with van der Waals surface area (Å²) in [6.45, 7) is -3.14. The number of hydrogen-bond acceptors (Lipinski definition) is 9. The molecule has 4 rings (SSSR count). The van der Waals surface area contributed by atoms with Crippen LogP contribution in [0.4, 0.5) is 5.82 Å². The maximum absolute atomic E-state index is 10.6. The number of rotatable bonds is 1. The zero-order valence-electron chi connectivity index (χ0n) is 11.7.